The average molecular weight is 262 g/mol. The van der Waals surface area contributed by atoms with Crippen molar-refractivity contribution in [1.82, 2.24) is 0 Å². The number of carboxylic acids is 1. The molecule has 18 heavy (non-hydrogen) atoms. The number of carbonyl (C=O) groups is 1. The Morgan fingerprint density at radius 2 is 1.94 bits per heavy atom. The fraction of sp³-hybridized carbons (Fsp3) is 0.0714. The molecule has 4 heteroatoms. The molecule has 2 aromatic rings. The highest BCUT2D eigenvalue weighted by atomic mass is 32.2. The van der Waals surface area contributed by atoms with Gasteiger partial charge in [-0.1, -0.05) is 24.3 Å². The van der Waals surface area contributed by atoms with E-state index in [0.717, 1.165) is 11.0 Å². The minimum Gasteiger partial charge on any atom is -0.478 e. The second-order valence-corrected chi connectivity index (χ2v) is 4.58. The molecule has 0 amide bonds. The van der Waals surface area contributed by atoms with E-state index < -0.39 is 11.8 Å². The molecule has 0 bridgehead atoms. The van der Waals surface area contributed by atoms with Crippen LogP contribution in [0.3, 0.4) is 0 Å². The van der Waals surface area contributed by atoms with Gasteiger partial charge in [-0.3, -0.25) is 0 Å². The monoisotopic (exact) mass is 262 g/mol. The molecule has 1 N–H and O–H groups in total. The Labute approximate surface area is 108 Å². The van der Waals surface area contributed by atoms with Crippen molar-refractivity contribution in [3.05, 3.63) is 53.8 Å². The first kappa shape index (κ1) is 12.6. The first-order valence-corrected chi connectivity index (χ1v) is 6.52. The van der Waals surface area contributed by atoms with Gasteiger partial charge in [0.05, 0.1) is 0 Å². The minimum absolute atomic E-state index is 0.282. The molecule has 0 aliphatic carbocycles. The molecule has 0 atom stereocenters. The molecule has 2 aromatic carbocycles. The molecular weight excluding hydrogens is 251 g/mol. The average Bonchev–Trinajstić information content (AvgIpc) is 2.38. The van der Waals surface area contributed by atoms with Crippen LogP contribution in [0.4, 0.5) is 4.39 Å². The summed E-state index contributed by atoms with van der Waals surface area (Å²) in [7, 11) is 0. The molecule has 0 aliphatic heterocycles. The molecule has 0 unspecified atom stereocenters. The van der Waals surface area contributed by atoms with Crippen molar-refractivity contribution in [3.63, 3.8) is 0 Å². The standard InChI is InChI=1S/C14H11FO2S/c1-18-10-5-2-4-9(8-10)11-6-3-7-12(15)13(11)14(16)17/h2-8H,1H3,(H,16,17). The van der Waals surface area contributed by atoms with Crippen molar-refractivity contribution < 1.29 is 14.3 Å². The second kappa shape index (κ2) is 5.23. The van der Waals surface area contributed by atoms with Gasteiger partial charge in [-0.15, -0.1) is 11.8 Å². The zero-order valence-corrected chi connectivity index (χ0v) is 10.5. The van der Waals surface area contributed by atoms with Gasteiger partial charge in [-0.25, -0.2) is 9.18 Å². The van der Waals surface area contributed by atoms with Crippen LogP contribution in [-0.4, -0.2) is 17.3 Å². The van der Waals surface area contributed by atoms with Crippen molar-refractivity contribution in [1.29, 1.82) is 0 Å². The Kier molecular flexibility index (Phi) is 3.67. The van der Waals surface area contributed by atoms with Gasteiger partial charge < -0.3 is 5.11 Å². The predicted octanol–water partition coefficient (Wildman–Crippen LogP) is 3.91. The van der Waals surface area contributed by atoms with Crippen LogP contribution in [-0.2, 0) is 0 Å². The third-order valence-electron chi connectivity index (χ3n) is 2.61. The summed E-state index contributed by atoms with van der Waals surface area (Å²) in [5, 5.41) is 9.09. The lowest BCUT2D eigenvalue weighted by Crippen LogP contribution is -2.03. The van der Waals surface area contributed by atoms with Gasteiger partial charge in [0.1, 0.15) is 11.4 Å². The van der Waals surface area contributed by atoms with Crippen LogP contribution in [0, 0.1) is 5.82 Å². The summed E-state index contributed by atoms with van der Waals surface area (Å²) >= 11 is 1.55. The number of hydrogen-bond donors (Lipinski definition) is 1. The van der Waals surface area contributed by atoms with E-state index >= 15 is 0 Å². The Bertz CT molecular complexity index is 596. The molecule has 0 saturated heterocycles. The van der Waals surface area contributed by atoms with Crippen LogP contribution in [0.1, 0.15) is 10.4 Å². The van der Waals surface area contributed by atoms with E-state index in [2.05, 4.69) is 0 Å². The normalized spacial score (nSPS) is 10.3. The van der Waals surface area contributed by atoms with Crippen LogP contribution >= 0.6 is 11.8 Å². The van der Waals surface area contributed by atoms with Crippen molar-refractivity contribution in [2.45, 2.75) is 4.90 Å². The molecule has 0 spiro atoms. The number of benzene rings is 2. The quantitative estimate of drug-likeness (QED) is 0.852. The van der Waals surface area contributed by atoms with Crippen LogP contribution in [0.2, 0.25) is 0 Å². The van der Waals surface area contributed by atoms with Crippen molar-refractivity contribution >= 4 is 17.7 Å². The highest BCUT2D eigenvalue weighted by Gasteiger charge is 2.16. The largest absolute Gasteiger partial charge is 0.478 e. The number of hydrogen-bond acceptors (Lipinski definition) is 2. The van der Waals surface area contributed by atoms with E-state index in [1.807, 2.05) is 24.5 Å². The molecule has 0 saturated carbocycles. The number of rotatable bonds is 3. The zero-order valence-electron chi connectivity index (χ0n) is 9.68. The SMILES string of the molecule is CSc1cccc(-c2cccc(F)c2C(=O)O)c1. The third-order valence-corrected chi connectivity index (χ3v) is 3.33. The van der Waals surface area contributed by atoms with Crippen molar-refractivity contribution in [2.75, 3.05) is 6.26 Å². The van der Waals surface area contributed by atoms with Crippen LogP contribution in [0.5, 0.6) is 0 Å². The van der Waals surface area contributed by atoms with E-state index in [0.29, 0.717) is 11.1 Å². The Morgan fingerprint density at radius 1 is 1.22 bits per heavy atom. The molecule has 0 fully saturated rings. The fourth-order valence-corrected chi connectivity index (χ4v) is 2.23. The van der Waals surface area contributed by atoms with Gasteiger partial charge in [-0.05, 0) is 35.6 Å². The summed E-state index contributed by atoms with van der Waals surface area (Å²) in [6, 6.07) is 11.7. The van der Waals surface area contributed by atoms with E-state index in [9.17, 15) is 9.18 Å². The summed E-state index contributed by atoms with van der Waals surface area (Å²) in [6.07, 6.45) is 1.93. The first-order chi connectivity index (χ1) is 8.63. The molecule has 0 radical (unpaired) electrons. The topological polar surface area (TPSA) is 37.3 Å². The smallest absolute Gasteiger partial charge is 0.339 e. The summed E-state index contributed by atoms with van der Waals surface area (Å²) in [4.78, 5) is 12.1. The van der Waals surface area contributed by atoms with Gasteiger partial charge in [0.15, 0.2) is 0 Å². The summed E-state index contributed by atoms with van der Waals surface area (Å²) < 4.78 is 13.6. The van der Waals surface area contributed by atoms with Gasteiger partial charge in [0.2, 0.25) is 0 Å². The minimum atomic E-state index is -1.25. The summed E-state index contributed by atoms with van der Waals surface area (Å²) in [5.41, 5.74) is 0.827. The maximum absolute atomic E-state index is 13.6. The highest BCUT2D eigenvalue weighted by Crippen LogP contribution is 2.28. The number of carboxylic acid groups (broad SMARTS) is 1. The molecule has 0 aliphatic rings. The van der Waals surface area contributed by atoms with E-state index in [1.54, 1.807) is 23.9 Å². The molecule has 92 valence electrons. The molecule has 0 aromatic heterocycles. The zero-order chi connectivity index (χ0) is 13.1. The van der Waals surface area contributed by atoms with E-state index in [-0.39, 0.29) is 5.56 Å². The molecular formula is C14H11FO2S. The number of aromatic carboxylic acids is 1. The molecule has 2 rings (SSSR count). The fourth-order valence-electron chi connectivity index (χ4n) is 1.77. The van der Waals surface area contributed by atoms with Crippen LogP contribution < -0.4 is 0 Å². The van der Waals surface area contributed by atoms with Crippen molar-refractivity contribution in [2.24, 2.45) is 0 Å². The van der Waals surface area contributed by atoms with Gasteiger partial charge >= 0.3 is 5.97 Å². The van der Waals surface area contributed by atoms with E-state index in [4.69, 9.17) is 5.11 Å². The maximum atomic E-state index is 13.6. The van der Waals surface area contributed by atoms with E-state index in [1.165, 1.54) is 6.07 Å². The Hall–Kier alpha value is -1.81. The predicted molar refractivity (Wildman–Crippen MR) is 70.6 cm³/mol. The van der Waals surface area contributed by atoms with Gasteiger partial charge in [0, 0.05) is 4.90 Å². The third kappa shape index (κ3) is 2.38. The van der Waals surface area contributed by atoms with Crippen LogP contribution in [0.25, 0.3) is 11.1 Å². The Balaban J connectivity index is 2.63. The number of thioether (sulfide) groups is 1. The Morgan fingerprint density at radius 3 is 2.61 bits per heavy atom. The molecule has 2 nitrogen and oxygen atoms in total. The highest BCUT2D eigenvalue weighted by molar-refractivity contribution is 7.98. The van der Waals surface area contributed by atoms with Gasteiger partial charge in [0.25, 0.3) is 0 Å². The lowest BCUT2D eigenvalue weighted by molar-refractivity contribution is 0.0693. The lowest BCUT2D eigenvalue weighted by Gasteiger charge is -2.08. The summed E-state index contributed by atoms with van der Waals surface area (Å²) in [5.74, 6) is -1.97. The second-order valence-electron chi connectivity index (χ2n) is 3.70. The maximum Gasteiger partial charge on any atom is 0.339 e. The van der Waals surface area contributed by atoms with Crippen molar-refractivity contribution in [3.8, 4) is 11.1 Å². The number of halogens is 1. The summed E-state index contributed by atoms with van der Waals surface area (Å²) in [6.45, 7) is 0. The molecule has 0 heterocycles. The van der Waals surface area contributed by atoms with Gasteiger partial charge in [-0.2, -0.15) is 0 Å². The first-order valence-electron chi connectivity index (χ1n) is 5.29. The van der Waals surface area contributed by atoms with Crippen LogP contribution in [0.15, 0.2) is 47.4 Å². The lowest BCUT2D eigenvalue weighted by atomic mass is 9.99.